The van der Waals surface area contributed by atoms with E-state index in [1.54, 1.807) is 0 Å². The second kappa shape index (κ2) is 8.67. The molecular weight excluding hydrogens is 346 g/mol. The molecule has 1 fully saturated rings. The molecule has 1 amide bonds. The highest BCUT2D eigenvalue weighted by atomic mass is 32.1. The van der Waals surface area contributed by atoms with E-state index in [0.29, 0.717) is 24.7 Å². The molecule has 0 saturated carbocycles. The number of anilines is 2. The molecule has 0 bridgehead atoms. The van der Waals surface area contributed by atoms with E-state index in [2.05, 4.69) is 10.6 Å². The molecule has 0 radical (unpaired) electrons. The third kappa shape index (κ3) is 4.95. The molecule has 5 nitrogen and oxygen atoms in total. The summed E-state index contributed by atoms with van der Waals surface area (Å²) < 4.78 is 5.66. The van der Waals surface area contributed by atoms with Crippen molar-refractivity contribution in [3.8, 4) is 5.75 Å². The number of hydrogen-bond donors (Lipinski definition) is 2. The molecule has 3 rings (SSSR count). The summed E-state index contributed by atoms with van der Waals surface area (Å²) in [6, 6.07) is 15.7. The van der Waals surface area contributed by atoms with Gasteiger partial charge in [0.25, 0.3) is 0 Å². The van der Waals surface area contributed by atoms with Gasteiger partial charge < -0.3 is 20.3 Å². The molecule has 136 valence electrons. The number of benzene rings is 2. The summed E-state index contributed by atoms with van der Waals surface area (Å²) in [4.78, 5) is 13.6. The minimum atomic E-state index is 0.191. The molecule has 1 aliphatic rings. The van der Waals surface area contributed by atoms with Gasteiger partial charge in [-0.05, 0) is 62.0 Å². The zero-order valence-corrected chi connectivity index (χ0v) is 15.6. The van der Waals surface area contributed by atoms with E-state index in [9.17, 15) is 4.79 Å². The van der Waals surface area contributed by atoms with Crippen LogP contribution in [0.1, 0.15) is 18.4 Å². The second-order valence-electron chi connectivity index (χ2n) is 6.24. The smallest absolute Gasteiger partial charge is 0.227 e. The van der Waals surface area contributed by atoms with Crippen LogP contribution in [-0.4, -0.2) is 30.7 Å². The number of nitrogens with one attached hydrogen (secondary N) is 2. The zero-order chi connectivity index (χ0) is 18.4. The van der Waals surface area contributed by atoms with Crippen molar-refractivity contribution < 1.29 is 9.53 Å². The number of thiocarbonyl (C=S) groups is 1. The fraction of sp³-hybridized carbons (Fsp3) is 0.300. The molecule has 26 heavy (non-hydrogen) atoms. The van der Waals surface area contributed by atoms with E-state index in [1.807, 2.05) is 60.4 Å². The number of hydrogen-bond acceptors (Lipinski definition) is 3. The Hall–Kier alpha value is -2.60. The first-order chi connectivity index (χ1) is 12.6. The lowest BCUT2D eigenvalue weighted by Gasteiger charge is -2.16. The lowest BCUT2D eigenvalue weighted by atomic mass is 10.2. The third-order valence-corrected chi connectivity index (χ3v) is 4.43. The van der Waals surface area contributed by atoms with Crippen molar-refractivity contribution in [2.24, 2.45) is 0 Å². The lowest BCUT2D eigenvalue weighted by molar-refractivity contribution is -0.117. The molecule has 1 heterocycles. The van der Waals surface area contributed by atoms with Gasteiger partial charge in [-0.15, -0.1) is 0 Å². The van der Waals surface area contributed by atoms with Crippen LogP contribution in [-0.2, 0) is 4.79 Å². The average Bonchev–Trinajstić information content (AvgIpc) is 3.07. The van der Waals surface area contributed by atoms with Crippen LogP contribution in [0.25, 0.3) is 0 Å². The van der Waals surface area contributed by atoms with E-state index in [1.165, 1.54) is 5.56 Å². The third-order valence-electron chi connectivity index (χ3n) is 4.19. The number of ether oxygens (including phenoxy) is 1. The minimum absolute atomic E-state index is 0.191. The first-order valence-electron chi connectivity index (χ1n) is 8.76. The molecule has 1 aliphatic heterocycles. The maximum atomic E-state index is 11.8. The van der Waals surface area contributed by atoms with Crippen LogP contribution >= 0.6 is 12.2 Å². The number of nitrogens with zero attached hydrogens (tertiary/aromatic N) is 1. The molecule has 2 aromatic rings. The Balaban J connectivity index is 1.40. The minimum Gasteiger partial charge on any atom is -0.492 e. The van der Waals surface area contributed by atoms with Gasteiger partial charge >= 0.3 is 0 Å². The Kier molecular flexibility index (Phi) is 6.07. The maximum Gasteiger partial charge on any atom is 0.227 e. The van der Waals surface area contributed by atoms with Gasteiger partial charge in [0.1, 0.15) is 12.4 Å². The van der Waals surface area contributed by atoms with E-state index >= 15 is 0 Å². The van der Waals surface area contributed by atoms with Crippen molar-refractivity contribution in [1.82, 2.24) is 5.32 Å². The number of carbonyl (C=O) groups excluding carboxylic acids is 1. The highest BCUT2D eigenvalue weighted by Crippen LogP contribution is 2.22. The largest absolute Gasteiger partial charge is 0.492 e. The van der Waals surface area contributed by atoms with E-state index in [4.69, 9.17) is 17.0 Å². The van der Waals surface area contributed by atoms with Crippen molar-refractivity contribution in [3.63, 3.8) is 0 Å². The number of aryl methyl sites for hydroxylation is 1. The van der Waals surface area contributed by atoms with Crippen molar-refractivity contribution in [2.75, 3.05) is 29.9 Å². The Morgan fingerprint density at radius 3 is 2.54 bits per heavy atom. The van der Waals surface area contributed by atoms with E-state index in [-0.39, 0.29) is 5.91 Å². The predicted molar refractivity (Wildman–Crippen MR) is 109 cm³/mol. The van der Waals surface area contributed by atoms with Gasteiger partial charge in [-0.3, -0.25) is 4.79 Å². The van der Waals surface area contributed by atoms with Gasteiger partial charge in [-0.2, -0.15) is 0 Å². The van der Waals surface area contributed by atoms with Crippen molar-refractivity contribution in [1.29, 1.82) is 0 Å². The zero-order valence-electron chi connectivity index (χ0n) is 14.8. The Bertz CT molecular complexity index is 760. The predicted octanol–water partition coefficient (Wildman–Crippen LogP) is 3.49. The van der Waals surface area contributed by atoms with Crippen molar-refractivity contribution in [3.05, 3.63) is 54.1 Å². The van der Waals surface area contributed by atoms with Crippen LogP contribution in [0, 0.1) is 6.92 Å². The summed E-state index contributed by atoms with van der Waals surface area (Å²) in [5, 5.41) is 6.80. The summed E-state index contributed by atoms with van der Waals surface area (Å²) in [6.45, 7) is 3.98. The number of carbonyl (C=O) groups is 1. The summed E-state index contributed by atoms with van der Waals surface area (Å²) in [5.74, 6) is 1.04. The van der Waals surface area contributed by atoms with Crippen molar-refractivity contribution in [2.45, 2.75) is 19.8 Å². The quantitative estimate of drug-likeness (QED) is 0.603. The number of amides is 1. The van der Waals surface area contributed by atoms with Crippen LogP contribution in [0.3, 0.4) is 0 Å². The Morgan fingerprint density at radius 2 is 1.88 bits per heavy atom. The van der Waals surface area contributed by atoms with Crippen LogP contribution in [0.15, 0.2) is 48.5 Å². The summed E-state index contributed by atoms with van der Waals surface area (Å²) in [6.07, 6.45) is 1.57. The van der Waals surface area contributed by atoms with Gasteiger partial charge in [0.15, 0.2) is 5.11 Å². The van der Waals surface area contributed by atoms with Gasteiger partial charge in [0.2, 0.25) is 5.91 Å². The summed E-state index contributed by atoms with van der Waals surface area (Å²) in [7, 11) is 0. The van der Waals surface area contributed by atoms with E-state index < -0.39 is 0 Å². The second-order valence-corrected chi connectivity index (χ2v) is 6.65. The molecule has 2 aromatic carbocycles. The van der Waals surface area contributed by atoms with Gasteiger partial charge in [-0.25, -0.2) is 0 Å². The molecule has 0 aromatic heterocycles. The molecule has 6 heteroatoms. The standard InChI is InChI=1S/C20H23N3O2S/c1-15-4-10-18(11-5-15)25-14-12-21-20(26)22-16-6-8-17(9-7-16)23-13-2-3-19(23)24/h4-11H,2-3,12-14H2,1H3,(H2,21,22,26). The molecular formula is C20H23N3O2S. The maximum absolute atomic E-state index is 11.8. The summed E-state index contributed by atoms with van der Waals surface area (Å²) in [5.41, 5.74) is 3.03. The van der Waals surface area contributed by atoms with Gasteiger partial charge in [0.05, 0.1) is 6.54 Å². The van der Waals surface area contributed by atoms with Crippen LogP contribution in [0.2, 0.25) is 0 Å². The van der Waals surface area contributed by atoms with Gasteiger partial charge in [-0.1, -0.05) is 17.7 Å². The average molecular weight is 369 g/mol. The van der Waals surface area contributed by atoms with Crippen LogP contribution in [0.4, 0.5) is 11.4 Å². The molecule has 1 saturated heterocycles. The Morgan fingerprint density at radius 1 is 1.15 bits per heavy atom. The van der Waals surface area contributed by atoms with Crippen LogP contribution in [0.5, 0.6) is 5.75 Å². The Labute approximate surface area is 159 Å². The monoisotopic (exact) mass is 369 g/mol. The molecule has 0 atom stereocenters. The molecule has 2 N–H and O–H groups in total. The number of rotatable bonds is 6. The van der Waals surface area contributed by atoms with Crippen LogP contribution < -0.4 is 20.3 Å². The first kappa shape index (κ1) is 18.2. The first-order valence-corrected chi connectivity index (χ1v) is 9.17. The van der Waals surface area contributed by atoms with Gasteiger partial charge in [0, 0.05) is 24.3 Å². The SMILES string of the molecule is Cc1ccc(OCCNC(=S)Nc2ccc(N3CCCC3=O)cc2)cc1. The molecule has 0 spiro atoms. The highest BCUT2D eigenvalue weighted by molar-refractivity contribution is 7.80. The lowest BCUT2D eigenvalue weighted by Crippen LogP contribution is -2.32. The summed E-state index contributed by atoms with van der Waals surface area (Å²) >= 11 is 5.30. The normalized spacial score (nSPS) is 13.6. The molecule has 0 aliphatic carbocycles. The fourth-order valence-electron chi connectivity index (χ4n) is 2.79. The van der Waals surface area contributed by atoms with Crippen molar-refractivity contribution >= 4 is 34.6 Å². The van der Waals surface area contributed by atoms with E-state index in [0.717, 1.165) is 30.1 Å². The highest BCUT2D eigenvalue weighted by Gasteiger charge is 2.21. The molecule has 0 unspecified atom stereocenters. The topological polar surface area (TPSA) is 53.6 Å². The fourth-order valence-corrected chi connectivity index (χ4v) is 3.01.